The number of nitrogens with zero attached hydrogens (tertiary/aromatic N) is 2. The summed E-state index contributed by atoms with van der Waals surface area (Å²) in [7, 11) is -1.02. The molecular formula is C15H20FN3O4S. The molecule has 0 aliphatic carbocycles. The molecule has 2 amide bonds. The number of hydrogen-bond acceptors (Lipinski definition) is 5. The van der Waals surface area contributed by atoms with Gasteiger partial charge in [-0.05, 0) is 38.4 Å². The standard InChI is InChI=1S/C15H20FN3O4S/c1-18(2)9-14(20)17-12-3-5-13(6-4-12)19-8-11(7-15(19)21)10-24(16,22)23/h3-6,11H,7-10H2,1-2H3,(H,17,20). The van der Waals surface area contributed by atoms with E-state index in [0.717, 1.165) is 0 Å². The Morgan fingerprint density at radius 1 is 1.33 bits per heavy atom. The van der Waals surface area contributed by atoms with E-state index in [-0.39, 0.29) is 31.3 Å². The van der Waals surface area contributed by atoms with Crippen LogP contribution in [-0.2, 0) is 19.8 Å². The van der Waals surface area contributed by atoms with Crippen LogP contribution in [0.4, 0.5) is 15.3 Å². The third-order valence-electron chi connectivity index (χ3n) is 3.56. The predicted molar refractivity (Wildman–Crippen MR) is 89.0 cm³/mol. The second-order valence-electron chi connectivity index (χ2n) is 6.11. The number of carbonyl (C=O) groups excluding carboxylic acids is 2. The predicted octanol–water partition coefficient (Wildman–Crippen LogP) is 0.839. The van der Waals surface area contributed by atoms with Crippen molar-refractivity contribution in [3.05, 3.63) is 24.3 Å². The van der Waals surface area contributed by atoms with E-state index < -0.39 is 21.9 Å². The number of nitrogens with one attached hydrogen (secondary N) is 1. The van der Waals surface area contributed by atoms with E-state index in [0.29, 0.717) is 11.4 Å². The van der Waals surface area contributed by atoms with Crippen LogP contribution < -0.4 is 10.2 Å². The van der Waals surface area contributed by atoms with Gasteiger partial charge in [0.25, 0.3) is 0 Å². The zero-order chi connectivity index (χ0) is 17.9. The normalized spacial score (nSPS) is 18.2. The molecule has 7 nitrogen and oxygen atoms in total. The van der Waals surface area contributed by atoms with E-state index in [9.17, 15) is 21.9 Å². The summed E-state index contributed by atoms with van der Waals surface area (Å²) >= 11 is 0. The maximum Gasteiger partial charge on any atom is 0.302 e. The topological polar surface area (TPSA) is 86.8 Å². The molecule has 1 aliphatic rings. The molecule has 1 atom stereocenters. The summed E-state index contributed by atoms with van der Waals surface area (Å²) in [5.41, 5.74) is 1.18. The molecule has 0 spiro atoms. The Bertz CT molecular complexity index is 719. The van der Waals surface area contributed by atoms with E-state index in [2.05, 4.69) is 5.32 Å². The lowest BCUT2D eigenvalue weighted by Gasteiger charge is -2.17. The van der Waals surface area contributed by atoms with Crippen LogP contribution >= 0.6 is 0 Å². The molecule has 1 aromatic carbocycles. The number of benzene rings is 1. The lowest BCUT2D eigenvalue weighted by atomic mass is 10.1. The minimum atomic E-state index is -4.60. The minimum Gasteiger partial charge on any atom is -0.325 e. The number of hydrogen-bond donors (Lipinski definition) is 1. The van der Waals surface area contributed by atoms with Gasteiger partial charge in [0.15, 0.2) is 0 Å². The molecule has 2 rings (SSSR count). The minimum absolute atomic E-state index is 0.00444. The number of likely N-dealkylation sites (N-methyl/N-ethyl adjacent to an activating group) is 1. The highest BCUT2D eigenvalue weighted by atomic mass is 32.3. The Morgan fingerprint density at radius 2 is 1.96 bits per heavy atom. The number of rotatable bonds is 6. The summed E-state index contributed by atoms with van der Waals surface area (Å²) in [4.78, 5) is 26.8. The van der Waals surface area contributed by atoms with E-state index in [1.807, 2.05) is 0 Å². The molecule has 1 aliphatic heterocycles. The molecule has 132 valence electrons. The van der Waals surface area contributed by atoms with Crippen molar-refractivity contribution in [3.63, 3.8) is 0 Å². The SMILES string of the molecule is CN(C)CC(=O)Nc1ccc(N2CC(CS(=O)(=O)F)CC2=O)cc1. The number of halogens is 1. The van der Waals surface area contributed by atoms with Crippen molar-refractivity contribution in [2.75, 3.05) is 43.2 Å². The summed E-state index contributed by atoms with van der Waals surface area (Å²) < 4.78 is 34.2. The van der Waals surface area contributed by atoms with Gasteiger partial charge in [-0.15, -0.1) is 3.89 Å². The monoisotopic (exact) mass is 357 g/mol. The molecule has 9 heteroatoms. The third kappa shape index (κ3) is 5.27. The lowest BCUT2D eigenvalue weighted by Crippen LogP contribution is -2.27. The van der Waals surface area contributed by atoms with Gasteiger partial charge in [0.05, 0.1) is 12.3 Å². The molecule has 0 saturated carbocycles. The Morgan fingerprint density at radius 3 is 2.50 bits per heavy atom. The first-order chi connectivity index (χ1) is 11.1. The highest BCUT2D eigenvalue weighted by molar-refractivity contribution is 7.86. The first-order valence-electron chi connectivity index (χ1n) is 7.41. The van der Waals surface area contributed by atoms with Gasteiger partial charge in [-0.1, -0.05) is 0 Å². The summed E-state index contributed by atoms with van der Waals surface area (Å²) in [5.74, 6) is -1.59. The molecule has 1 fully saturated rings. The largest absolute Gasteiger partial charge is 0.325 e. The molecule has 1 unspecified atom stereocenters. The molecule has 0 radical (unpaired) electrons. The summed E-state index contributed by atoms with van der Waals surface area (Å²) in [6, 6.07) is 6.65. The maximum absolute atomic E-state index is 12.8. The summed E-state index contributed by atoms with van der Waals surface area (Å²) in [6.07, 6.45) is 0.00444. The quantitative estimate of drug-likeness (QED) is 0.763. The summed E-state index contributed by atoms with van der Waals surface area (Å²) in [6.45, 7) is 0.417. The van der Waals surface area contributed by atoms with E-state index in [1.165, 1.54) is 4.90 Å². The van der Waals surface area contributed by atoms with E-state index in [4.69, 9.17) is 0 Å². The van der Waals surface area contributed by atoms with Crippen LogP contribution in [0.15, 0.2) is 24.3 Å². The average molecular weight is 357 g/mol. The number of anilines is 2. The second-order valence-corrected chi connectivity index (χ2v) is 7.52. The Kier molecular flexibility index (Phi) is 5.55. The van der Waals surface area contributed by atoms with Crippen molar-refractivity contribution in [3.8, 4) is 0 Å². The van der Waals surface area contributed by atoms with Crippen LogP contribution in [0.2, 0.25) is 0 Å². The first kappa shape index (κ1) is 18.3. The maximum atomic E-state index is 12.8. The van der Waals surface area contributed by atoms with Crippen LogP contribution in [0.3, 0.4) is 0 Å². The van der Waals surface area contributed by atoms with Crippen molar-refractivity contribution in [1.82, 2.24) is 4.90 Å². The molecule has 1 saturated heterocycles. The lowest BCUT2D eigenvalue weighted by molar-refractivity contribution is -0.117. The zero-order valence-electron chi connectivity index (χ0n) is 13.5. The van der Waals surface area contributed by atoms with Crippen molar-refractivity contribution in [1.29, 1.82) is 0 Å². The third-order valence-corrected chi connectivity index (χ3v) is 4.43. The van der Waals surface area contributed by atoms with E-state index >= 15 is 0 Å². The van der Waals surface area contributed by atoms with Gasteiger partial charge in [-0.25, -0.2) is 0 Å². The van der Waals surface area contributed by atoms with Crippen molar-refractivity contribution < 1.29 is 21.9 Å². The fourth-order valence-corrected chi connectivity index (χ4v) is 3.42. The van der Waals surface area contributed by atoms with Gasteiger partial charge in [-0.3, -0.25) is 9.59 Å². The van der Waals surface area contributed by atoms with Gasteiger partial charge >= 0.3 is 10.2 Å². The molecule has 1 N–H and O–H groups in total. The molecule has 24 heavy (non-hydrogen) atoms. The molecule has 0 aromatic heterocycles. The van der Waals surface area contributed by atoms with Crippen LogP contribution in [0.1, 0.15) is 6.42 Å². The highest BCUT2D eigenvalue weighted by Crippen LogP contribution is 2.27. The van der Waals surface area contributed by atoms with Gasteiger partial charge in [0.2, 0.25) is 11.8 Å². The Hall–Kier alpha value is -2.00. The van der Waals surface area contributed by atoms with Crippen molar-refractivity contribution in [2.24, 2.45) is 5.92 Å². The highest BCUT2D eigenvalue weighted by Gasteiger charge is 2.33. The van der Waals surface area contributed by atoms with E-state index in [1.54, 1.807) is 43.3 Å². The fraction of sp³-hybridized carbons (Fsp3) is 0.467. The fourth-order valence-electron chi connectivity index (χ4n) is 2.64. The van der Waals surface area contributed by atoms with Crippen LogP contribution in [-0.4, -0.2) is 58.1 Å². The zero-order valence-corrected chi connectivity index (χ0v) is 14.3. The molecule has 1 heterocycles. The van der Waals surface area contributed by atoms with Gasteiger partial charge in [-0.2, -0.15) is 8.42 Å². The van der Waals surface area contributed by atoms with Gasteiger partial charge < -0.3 is 15.1 Å². The number of carbonyl (C=O) groups is 2. The van der Waals surface area contributed by atoms with Crippen molar-refractivity contribution >= 4 is 33.4 Å². The average Bonchev–Trinajstić information content (AvgIpc) is 2.77. The molecular weight excluding hydrogens is 337 g/mol. The number of amides is 2. The van der Waals surface area contributed by atoms with Gasteiger partial charge in [0, 0.05) is 30.3 Å². The summed E-state index contributed by atoms with van der Waals surface area (Å²) in [5, 5.41) is 2.73. The Balaban J connectivity index is 2.00. The van der Waals surface area contributed by atoms with Crippen molar-refractivity contribution in [2.45, 2.75) is 6.42 Å². The van der Waals surface area contributed by atoms with Crippen LogP contribution in [0.25, 0.3) is 0 Å². The first-order valence-corrected chi connectivity index (χ1v) is 8.96. The smallest absolute Gasteiger partial charge is 0.302 e. The van der Waals surface area contributed by atoms with Crippen LogP contribution in [0.5, 0.6) is 0 Å². The molecule has 0 bridgehead atoms. The van der Waals surface area contributed by atoms with Gasteiger partial charge in [0.1, 0.15) is 0 Å². The second kappa shape index (κ2) is 7.27. The molecule has 1 aromatic rings. The van der Waals surface area contributed by atoms with Crippen LogP contribution in [0, 0.1) is 5.92 Å². The Labute approximate surface area is 140 Å².